The van der Waals surface area contributed by atoms with E-state index in [4.69, 9.17) is 4.74 Å². The molecule has 6 nitrogen and oxygen atoms in total. The molecule has 6 heteroatoms. The Hall–Kier alpha value is -3.12. The first kappa shape index (κ1) is 20.6. The van der Waals surface area contributed by atoms with Gasteiger partial charge in [-0.2, -0.15) is 0 Å². The molecule has 2 N–H and O–H groups in total. The molecule has 0 unspecified atom stereocenters. The highest BCUT2D eigenvalue weighted by Gasteiger charge is 2.54. The van der Waals surface area contributed by atoms with E-state index in [1.54, 1.807) is 48.4 Å². The fraction of sp³-hybridized carbons (Fsp3) is 0.304. The molecule has 2 atom stereocenters. The molecule has 2 aromatic rings. The van der Waals surface area contributed by atoms with Crippen molar-refractivity contribution in [2.24, 2.45) is 0 Å². The fourth-order valence-electron chi connectivity index (χ4n) is 3.85. The number of aliphatic hydroxyl groups excluding tert-OH is 1. The average molecular weight is 395 g/mol. The molecule has 2 aromatic carbocycles. The van der Waals surface area contributed by atoms with Crippen molar-refractivity contribution < 1.29 is 24.5 Å². The van der Waals surface area contributed by atoms with Crippen LogP contribution in [0.3, 0.4) is 0 Å². The predicted molar refractivity (Wildman–Crippen MR) is 110 cm³/mol. The van der Waals surface area contributed by atoms with E-state index in [9.17, 15) is 19.8 Å². The van der Waals surface area contributed by atoms with Gasteiger partial charge in [-0.25, -0.2) is 0 Å². The molecular formula is C23H25NO5. The molecular weight excluding hydrogens is 370 g/mol. The molecule has 0 spiro atoms. The van der Waals surface area contributed by atoms with Crippen LogP contribution in [-0.4, -0.2) is 34.6 Å². The highest BCUT2D eigenvalue weighted by Crippen LogP contribution is 2.49. The van der Waals surface area contributed by atoms with Crippen LogP contribution in [0.25, 0.3) is 0 Å². The van der Waals surface area contributed by atoms with Crippen molar-refractivity contribution in [2.45, 2.75) is 39.0 Å². The third-order valence-electron chi connectivity index (χ3n) is 5.18. The number of hydrogen-bond donors (Lipinski definition) is 2. The first-order chi connectivity index (χ1) is 13.7. The fourth-order valence-corrected chi connectivity index (χ4v) is 3.85. The van der Waals surface area contributed by atoms with Gasteiger partial charge in [0, 0.05) is 5.69 Å². The number of aryl methyl sites for hydroxylation is 1. The summed E-state index contributed by atoms with van der Waals surface area (Å²) in [5, 5.41) is 22.4. The second-order valence-electron chi connectivity index (χ2n) is 7.40. The van der Waals surface area contributed by atoms with E-state index < -0.39 is 17.5 Å². The molecule has 29 heavy (non-hydrogen) atoms. The van der Waals surface area contributed by atoms with E-state index in [0.717, 1.165) is 5.56 Å². The van der Waals surface area contributed by atoms with Crippen LogP contribution in [0.1, 0.15) is 37.4 Å². The van der Waals surface area contributed by atoms with Crippen molar-refractivity contribution in [1.82, 2.24) is 0 Å². The summed E-state index contributed by atoms with van der Waals surface area (Å²) in [7, 11) is 1.56. The SMILES string of the molecule is COc1ccc([C@H]2C(C(C)=O)=C(O)[C@](O)(CC(C)=O)N2c2ccc(C)cc2)cc1. The van der Waals surface area contributed by atoms with Crippen molar-refractivity contribution in [3.8, 4) is 5.75 Å². The molecule has 0 fully saturated rings. The summed E-state index contributed by atoms with van der Waals surface area (Å²) in [4.78, 5) is 26.0. The average Bonchev–Trinajstić information content (AvgIpc) is 2.89. The molecule has 0 amide bonds. The Kier molecular flexibility index (Phi) is 5.48. The molecule has 0 aromatic heterocycles. The smallest absolute Gasteiger partial charge is 0.205 e. The van der Waals surface area contributed by atoms with Crippen LogP contribution in [0.15, 0.2) is 59.9 Å². The molecule has 152 valence electrons. The number of nitrogens with zero attached hydrogens (tertiary/aromatic N) is 1. The number of benzene rings is 2. The van der Waals surface area contributed by atoms with Gasteiger partial charge in [0.1, 0.15) is 11.5 Å². The highest BCUT2D eigenvalue weighted by molar-refractivity contribution is 5.98. The molecule has 0 aliphatic carbocycles. The summed E-state index contributed by atoms with van der Waals surface area (Å²) < 4.78 is 5.21. The van der Waals surface area contributed by atoms with Crippen LogP contribution in [0.4, 0.5) is 5.69 Å². The van der Waals surface area contributed by atoms with Gasteiger partial charge in [-0.3, -0.25) is 9.59 Å². The van der Waals surface area contributed by atoms with E-state index in [1.165, 1.54) is 13.8 Å². The van der Waals surface area contributed by atoms with Crippen molar-refractivity contribution in [3.05, 3.63) is 71.0 Å². The van der Waals surface area contributed by atoms with Gasteiger partial charge in [-0.05, 0) is 50.6 Å². The predicted octanol–water partition coefficient (Wildman–Crippen LogP) is 3.63. The normalized spacial score (nSPS) is 21.4. The van der Waals surface area contributed by atoms with E-state index in [0.29, 0.717) is 17.0 Å². The van der Waals surface area contributed by atoms with Gasteiger partial charge in [0.2, 0.25) is 5.72 Å². The number of aliphatic hydroxyl groups is 2. The Morgan fingerprint density at radius 2 is 1.66 bits per heavy atom. The summed E-state index contributed by atoms with van der Waals surface area (Å²) in [5.74, 6) is -0.527. The number of carbonyl (C=O) groups is 2. The molecule has 1 aliphatic rings. The van der Waals surface area contributed by atoms with Crippen molar-refractivity contribution in [1.29, 1.82) is 0 Å². The van der Waals surface area contributed by atoms with Gasteiger partial charge >= 0.3 is 0 Å². The number of carbonyl (C=O) groups excluding carboxylic acids is 2. The topological polar surface area (TPSA) is 87.1 Å². The quantitative estimate of drug-likeness (QED) is 0.777. The second-order valence-corrected chi connectivity index (χ2v) is 7.40. The Bertz CT molecular complexity index is 962. The molecule has 0 radical (unpaired) electrons. The van der Waals surface area contributed by atoms with Gasteiger partial charge in [0.05, 0.1) is 25.1 Å². The summed E-state index contributed by atoms with van der Waals surface area (Å²) in [6.45, 7) is 4.62. The third kappa shape index (κ3) is 3.63. The minimum atomic E-state index is -2.02. The number of methoxy groups -OCH3 is 1. The number of rotatable bonds is 6. The van der Waals surface area contributed by atoms with Gasteiger partial charge in [-0.15, -0.1) is 0 Å². The number of ketones is 2. The van der Waals surface area contributed by atoms with E-state index in [1.807, 2.05) is 19.1 Å². The maximum atomic E-state index is 12.5. The Morgan fingerprint density at radius 1 is 1.07 bits per heavy atom. The third-order valence-corrected chi connectivity index (χ3v) is 5.18. The summed E-state index contributed by atoms with van der Waals surface area (Å²) in [6, 6.07) is 13.6. The van der Waals surface area contributed by atoms with Gasteiger partial charge < -0.3 is 19.8 Å². The molecule has 0 saturated carbocycles. The zero-order valence-corrected chi connectivity index (χ0v) is 17.0. The largest absolute Gasteiger partial charge is 0.507 e. The number of anilines is 1. The van der Waals surface area contributed by atoms with Crippen molar-refractivity contribution >= 4 is 17.3 Å². The van der Waals surface area contributed by atoms with E-state index in [2.05, 4.69) is 0 Å². The van der Waals surface area contributed by atoms with Gasteiger partial charge in [0.25, 0.3) is 0 Å². The van der Waals surface area contributed by atoms with E-state index >= 15 is 0 Å². The molecule has 0 saturated heterocycles. The van der Waals surface area contributed by atoms with Crippen LogP contribution in [0.2, 0.25) is 0 Å². The van der Waals surface area contributed by atoms with E-state index in [-0.39, 0.29) is 23.6 Å². The summed E-state index contributed by atoms with van der Waals surface area (Å²) in [5.41, 5.74) is 0.338. The molecule has 1 heterocycles. The number of ether oxygens (including phenoxy) is 1. The van der Waals surface area contributed by atoms with Crippen molar-refractivity contribution in [3.63, 3.8) is 0 Å². The maximum absolute atomic E-state index is 12.5. The Labute approximate surface area is 170 Å². The van der Waals surface area contributed by atoms with Crippen LogP contribution >= 0.6 is 0 Å². The lowest BCUT2D eigenvalue weighted by atomic mass is 9.96. The van der Waals surface area contributed by atoms with Crippen LogP contribution in [0, 0.1) is 6.92 Å². The minimum Gasteiger partial charge on any atom is -0.507 e. The highest BCUT2D eigenvalue weighted by atomic mass is 16.5. The van der Waals surface area contributed by atoms with Crippen molar-refractivity contribution in [2.75, 3.05) is 12.0 Å². The maximum Gasteiger partial charge on any atom is 0.205 e. The lowest BCUT2D eigenvalue weighted by Gasteiger charge is -2.39. The van der Waals surface area contributed by atoms with Crippen LogP contribution < -0.4 is 9.64 Å². The Balaban J connectivity index is 2.25. The van der Waals surface area contributed by atoms with Crippen LogP contribution in [0.5, 0.6) is 5.75 Å². The summed E-state index contributed by atoms with van der Waals surface area (Å²) in [6.07, 6.45) is -0.351. The molecule has 1 aliphatic heterocycles. The zero-order valence-electron chi connectivity index (χ0n) is 17.0. The molecule has 0 bridgehead atoms. The van der Waals surface area contributed by atoms with Gasteiger partial charge in [-0.1, -0.05) is 29.8 Å². The summed E-state index contributed by atoms with van der Waals surface area (Å²) >= 11 is 0. The lowest BCUT2D eigenvalue weighted by molar-refractivity contribution is -0.121. The zero-order chi connectivity index (χ0) is 21.3. The standard InChI is InChI=1S/C23H25NO5/c1-14-5-9-18(10-6-14)24-21(17-7-11-19(29-4)12-8-17)20(16(3)26)22(27)23(24,28)13-15(2)25/h5-12,21,27-28H,13H2,1-4H3/t21-,23+/m0/s1. The first-order valence-electron chi connectivity index (χ1n) is 9.35. The molecule has 3 rings (SSSR count). The second kappa shape index (κ2) is 7.72. The number of Topliss-reactive ketones (excluding diaryl/α,β-unsaturated/α-hetero) is 2. The number of hydrogen-bond acceptors (Lipinski definition) is 6. The monoisotopic (exact) mass is 395 g/mol. The minimum absolute atomic E-state index is 0.0690. The lowest BCUT2D eigenvalue weighted by Crippen LogP contribution is -2.49. The van der Waals surface area contributed by atoms with Gasteiger partial charge in [0.15, 0.2) is 11.5 Å². The first-order valence-corrected chi connectivity index (χ1v) is 9.35. The van der Waals surface area contributed by atoms with Crippen LogP contribution in [-0.2, 0) is 9.59 Å². The Morgan fingerprint density at radius 3 is 2.14 bits per heavy atom.